The van der Waals surface area contributed by atoms with Crippen LogP contribution in [0.25, 0.3) is 0 Å². The molecule has 0 aliphatic carbocycles. The second kappa shape index (κ2) is 6.10. The molecular weight excluding hydrogens is 246 g/mol. The lowest BCUT2D eigenvalue weighted by Gasteiger charge is -2.41. The van der Waals surface area contributed by atoms with Crippen LogP contribution in [-0.2, 0) is 19.1 Å². The van der Waals surface area contributed by atoms with Gasteiger partial charge in [0.25, 0.3) is 0 Å². The summed E-state index contributed by atoms with van der Waals surface area (Å²) in [4.78, 5) is 22.0. The first-order valence-electron chi connectivity index (χ1n) is 5.43. The molecule has 0 saturated carbocycles. The Balaban J connectivity index is 2.89. The highest BCUT2D eigenvalue weighted by atomic mass is 16.6. The van der Waals surface area contributed by atoms with Crippen LogP contribution < -0.4 is 5.32 Å². The summed E-state index contributed by atoms with van der Waals surface area (Å²) in [5, 5.41) is 30.8. The number of aliphatic hydroxyl groups excluding tert-OH is 3. The van der Waals surface area contributed by atoms with Crippen molar-refractivity contribution in [1.29, 1.82) is 0 Å². The summed E-state index contributed by atoms with van der Waals surface area (Å²) < 4.78 is 9.79. The topological polar surface area (TPSA) is 125 Å². The lowest BCUT2D eigenvalue weighted by molar-refractivity contribution is -0.258. The van der Waals surface area contributed by atoms with E-state index in [4.69, 9.17) is 14.6 Å². The summed E-state index contributed by atoms with van der Waals surface area (Å²) in [5.41, 5.74) is 0. The number of rotatable bonds is 3. The molecule has 0 aromatic heterocycles. The van der Waals surface area contributed by atoms with E-state index in [1.54, 1.807) is 0 Å². The van der Waals surface area contributed by atoms with Crippen molar-refractivity contribution in [2.45, 2.75) is 44.5 Å². The van der Waals surface area contributed by atoms with Crippen molar-refractivity contribution in [3.63, 3.8) is 0 Å². The third-order valence-electron chi connectivity index (χ3n) is 2.54. The third-order valence-corrected chi connectivity index (χ3v) is 2.54. The molecule has 1 amide bonds. The Hall–Kier alpha value is -1.22. The Morgan fingerprint density at radius 3 is 2.39 bits per heavy atom. The molecule has 8 nitrogen and oxygen atoms in total. The van der Waals surface area contributed by atoms with Crippen LogP contribution in [0.2, 0.25) is 0 Å². The van der Waals surface area contributed by atoms with Gasteiger partial charge in [-0.15, -0.1) is 0 Å². The normalized spacial score (nSPS) is 35.9. The van der Waals surface area contributed by atoms with Gasteiger partial charge in [0.2, 0.25) is 5.91 Å². The number of carbonyl (C=O) groups excluding carboxylic acids is 2. The molecule has 0 aromatic carbocycles. The fourth-order valence-corrected chi connectivity index (χ4v) is 1.80. The number of ether oxygens (including phenoxy) is 2. The Labute approximate surface area is 104 Å². The quantitative estimate of drug-likeness (QED) is 0.414. The van der Waals surface area contributed by atoms with Crippen LogP contribution in [0.15, 0.2) is 0 Å². The lowest BCUT2D eigenvalue weighted by atomic mass is 9.96. The number of amides is 1. The van der Waals surface area contributed by atoms with Gasteiger partial charge in [-0.2, -0.15) is 0 Å². The maximum Gasteiger partial charge on any atom is 0.303 e. The highest BCUT2D eigenvalue weighted by Gasteiger charge is 2.46. The highest BCUT2D eigenvalue weighted by molar-refractivity contribution is 5.73. The van der Waals surface area contributed by atoms with Crippen molar-refractivity contribution in [3.05, 3.63) is 0 Å². The van der Waals surface area contributed by atoms with Gasteiger partial charge in [-0.05, 0) is 0 Å². The third kappa shape index (κ3) is 3.39. The van der Waals surface area contributed by atoms with Crippen molar-refractivity contribution < 1.29 is 34.4 Å². The Morgan fingerprint density at radius 2 is 1.94 bits per heavy atom. The van der Waals surface area contributed by atoms with E-state index in [2.05, 4.69) is 5.32 Å². The maximum absolute atomic E-state index is 11.0. The molecule has 1 rings (SSSR count). The average Bonchev–Trinajstić information content (AvgIpc) is 2.27. The van der Waals surface area contributed by atoms with Crippen molar-refractivity contribution >= 4 is 11.9 Å². The van der Waals surface area contributed by atoms with Crippen LogP contribution in [0, 0.1) is 0 Å². The van der Waals surface area contributed by atoms with Gasteiger partial charge < -0.3 is 30.1 Å². The Morgan fingerprint density at radius 1 is 1.33 bits per heavy atom. The highest BCUT2D eigenvalue weighted by Crippen LogP contribution is 2.22. The van der Waals surface area contributed by atoms with Crippen LogP contribution in [0.5, 0.6) is 0 Å². The summed E-state index contributed by atoms with van der Waals surface area (Å²) in [6.07, 6.45) is -5.11. The van der Waals surface area contributed by atoms with Gasteiger partial charge in [0.15, 0.2) is 12.4 Å². The monoisotopic (exact) mass is 263 g/mol. The SMILES string of the molecule is CC(=O)N[C@@H]1[C@@H](OC(C)=O)[C@H](O)[C@@H](CO)O[C@H]1O. The summed E-state index contributed by atoms with van der Waals surface area (Å²) in [6.45, 7) is 1.79. The number of aliphatic hydroxyl groups is 3. The first-order chi connectivity index (χ1) is 8.36. The molecule has 8 heteroatoms. The van der Waals surface area contributed by atoms with Gasteiger partial charge in [0, 0.05) is 13.8 Å². The number of hydrogen-bond donors (Lipinski definition) is 4. The zero-order valence-electron chi connectivity index (χ0n) is 10.1. The van der Waals surface area contributed by atoms with Crippen LogP contribution in [0.3, 0.4) is 0 Å². The van der Waals surface area contributed by atoms with Crippen molar-refractivity contribution in [3.8, 4) is 0 Å². The van der Waals surface area contributed by atoms with Gasteiger partial charge >= 0.3 is 5.97 Å². The van der Waals surface area contributed by atoms with E-state index in [1.165, 1.54) is 6.92 Å². The lowest BCUT2D eigenvalue weighted by Crippen LogP contribution is -2.65. The van der Waals surface area contributed by atoms with Crippen LogP contribution in [-0.4, -0.2) is 64.4 Å². The molecule has 4 N–H and O–H groups in total. The van der Waals surface area contributed by atoms with Crippen molar-refractivity contribution in [2.75, 3.05) is 6.61 Å². The first kappa shape index (κ1) is 14.8. The van der Waals surface area contributed by atoms with E-state index in [1.807, 2.05) is 0 Å². The zero-order chi connectivity index (χ0) is 13.9. The summed E-state index contributed by atoms with van der Waals surface area (Å²) in [7, 11) is 0. The summed E-state index contributed by atoms with van der Waals surface area (Å²) in [6, 6.07) is -1.09. The molecule has 1 aliphatic rings. The fraction of sp³-hybridized carbons (Fsp3) is 0.800. The van der Waals surface area contributed by atoms with Crippen LogP contribution in [0.4, 0.5) is 0 Å². The molecule has 104 valence electrons. The number of esters is 1. The van der Waals surface area contributed by atoms with Crippen LogP contribution >= 0.6 is 0 Å². The maximum atomic E-state index is 11.0. The molecule has 0 bridgehead atoms. The molecule has 0 unspecified atom stereocenters. The second-order valence-electron chi connectivity index (χ2n) is 4.04. The molecular formula is C10H17NO7. The molecule has 0 spiro atoms. The van der Waals surface area contributed by atoms with E-state index in [0.29, 0.717) is 0 Å². The first-order valence-corrected chi connectivity index (χ1v) is 5.43. The molecule has 1 heterocycles. The van der Waals surface area contributed by atoms with E-state index < -0.39 is 49.1 Å². The predicted molar refractivity (Wildman–Crippen MR) is 57.1 cm³/mol. The predicted octanol–water partition coefficient (Wildman–Crippen LogP) is -2.51. The molecule has 1 aliphatic heterocycles. The van der Waals surface area contributed by atoms with Gasteiger partial charge in [-0.1, -0.05) is 0 Å². The van der Waals surface area contributed by atoms with Crippen LogP contribution in [0.1, 0.15) is 13.8 Å². The van der Waals surface area contributed by atoms with Gasteiger partial charge in [-0.25, -0.2) is 0 Å². The standard InChI is InChI=1S/C10H17NO7/c1-4(13)11-7-9(17-5(2)14)8(15)6(3-12)18-10(7)16/h6-10,12,15-16H,3H2,1-2H3,(H,11,13)/t6-,7-,8-,9-,10-/m1/s1. The van der Waals surface area contributed by atoms with Gasteiger partial charge in [0.1, 0.15) is 18.2 Å². The number of carbonyl (C=O) groups is 2. The molecule has 0 aromatic rings. The summed E-state index contributed by atoms with van der Waals surface area (Å²) in [5.74, 6) is -1.16. The summed E-state index contributed by atoms with van der Waals surface area (Å²) >= 11 is 0. The molecule has 5 atom stereocenters. The van der Waals surface area contributed by atoms with Gasteiger partial charge in [0.05, 0.1) is 6.61 Å². The van der Waals surface area contributed by atoms with E-state index >= 15 is 0 Å². The van der Waals surface area contributed by atoms with Crippen molar-refractivity contribution in [2.24, 2.45) is 0 Å². The van der Waals surface area contributed by atoms with E-state index in [9.17, 15) is 19.8 Å². The minimum Gasteiger partial charge on any atom is -0.457 e. The largest absolute Gasteiger partial charge is 0.457 e. The molecule has 0 radical (unpaired) electrons. The minimum atomic E-state index is -1.49. The zero-order valence-corrected chi connectivity index (χ0v) is 10.1. The van der Waals surface area contributed by atoms with Gasteiger partial charge in [-0.3, -0.25) is 9.59 Å². The fourth-order valence-electron chi connectivity index (χ4n) is 1.80. The molecule has 1 saturated heterocycles. The van der Waals surface area contributed by atoms with E-state index in [0.717, 1.165) is 6.92 Å². The molecule has 1 fully saturated rings. The molecule has 18 heavy (non-hydrogen) atoms. The number of hydrogen-bond acceptors (Lipinski definition) is 7. The van der Waals surface area contributed by atoms with E-state index in [-0.39, 0.29) is 0 Å². The van der Waals surface area contributed by atoms with Crippen molar-refractivity contribution in [1.82, 2.24) is 5.32 Å². The smallest absolute Gasteiger partial charge is 0.303 e. The Kier molecular flexibility index (Phi) is 5.03. The minimum absolute atomic E-state index is 0.477. The Bertz CT molecular complexity index is 321. The number of nitrogens with one attached hydrogen (secondary N) is 1. The average molecular weight is 263 g/mol. The second-order valence-corrected chi connectivity index (χ2v) is 4.04.